The van der Waals surface area contributed by atoms with Crippen molar-refractivity contribution in [3.8, 4) is 5.75 Å². The lowest BCUT2D eigenvalue weighted by atomic mass is 10.2. The number of ether oxygens (including phenoxy) is 1. The molecule has 2 heterocycles. The molecule has 10 heteroatoms. The fourth-order valence-electron chi connectivity index (χ4n) is 3.29. The maximum Gasteiger partial charge on any atom is 0.335 e. The Hall–Kier alpha value is -2.48. The van der Waals surface area contributed by atoms with E-state index in [4.69, 9.17) is 19.5 Å². The van der Waals surface area contributed by atoms with E-state index >= 15 is 0 Å². The first-order valence-electron chi connectivity index (χ1n) is 10.6. The van der Waals surface area contributed by atoms with Gasteiger partial charge in [-0.05, 0) is 50.8 Å². The minimum Gasteiger partial charge on any atom is -0.494 e. The molecule has 0 fully saturated rings. The minimum atomic E-state index is -3.13. The van der Waals surface area contributed by atoms with E-state index in [1.165, 1.54) is 6.33 Å². The third-order valence-electron chi connectivity index (χ3n) is 4.67. The Bertz CT molecular complexity index is 1020. The normalized spacial score (nSPS) is 11.8. The number of nitrogens with zero attached hydrogens (tertiary/aromatic N) is 4. The quantitative estimate of drug-likeness (QED) is 0.302. The van der Waals surface area contributed by atoms with Crippen molar-refractivity contribution < 1.29 is 18.3 Å². The summed E-state index contributed by atoms with van der Waals surface area (Å²) in [5.74, 6) is 1.16. The minimum absolute atomic E-state index is 0.235. The van der Waals surface area contributed by atoms with Gasteiger partial charge in [-0.1, -0.05) is 12.1 Å². The molecule has 3 aromatic rings. The van der Waals surface area contributed by atoms with Gasteiger partial charge in [0.05, 0.1) is 32.3 Å². The molecule has 2 aromatic heterocycles. The second-order valence-corrected chi connectivity index (χ2v) is 9.08. The van der Waals surface area contributed by atoms with Gasteiger partial charge < -0.3 is 24.1 Å². The number of nitrogens with two attached hydrogens (primary N) is 1. The van der Waals surface area contributed by atoms with Gasteiger partial charge in [-0.25, -0.2) is 15.0 Å². The predicted octanol–water partition coefficient (Wildman–Crippen LogP) is 4.42. The van der Waals surface area contributed by atoms with Crippen molar-refractivity contribution in [2.75, 3.05) is 25.6 Å². The van der Waals surface area contributed by atoms with E-state index in [9.17, 15) is 4.57 Å². The van der Waals surface area contributed by atoms with E-state index in [1.54, 1.807) is 6.33 Å². The molecule has 0 radical (unpaired) electrons. The molecule has 0 aliphatic rings. The van der Waals surface area contributed by atoms with Crippen molar-refractivity contribution in [3.05, 3.63) is 42.5 Å². The van der Waals surface area contributed by atoms with E-state index in [-0.39, 0.29) is 6.16 Å². The second-order valence-electron chi connectivity index (χ2n) is 7.03. The lowest BCUT2D eigenvalue weighted by Crippen LogP contribution is -2.02. The van der Waals surface area contributed by atoms with E-state index in [0.717, 1.165) is 42.8 Å². The van der Waals surface area contributed by atoms with Gasteiger partial charge in [-0.2, -0.15) is 0 Å². The number of aryl methyl sites for hydroxylation is 1. The molecule has 9 nitrogen and oxygen atoms in total. The molecule has 0 aliphatic carbocycles. The lowest BCUT2D eigenvalue weighted by molar-refractivity contribution is 0.219. The average molecular weight is 447 g/mol. The van der Waals surface area contributed by atoms with Gasteiger partial charge in [0.25, 0.3) is 0 Å². The van der Waals surface area contributed by atoms with E-state index in [0.29, 0.717) is 31.2 Å². The fraction of sp³-hybridized carbons (Fsp3) is 0.476. The van der Waals surface area contributed by atoms with Crippen molar-refractivity contribution in [1.82, 2.24) is 19.5 Å². The molecule has 0 aliphatic heterocycles. The largest absolute Gasteiger partial charge is 0.494 e. The summed E-state index contributed by atoms with van der Waals surface area (Å²) in [6.07, 6.45) is 6.35. The Kier molecular flexibility index (Phi) is 8.40. The summed E-state index contributed by atoms with van der Waals surface area (Å²) in [4.78, 5) is 12.5. The Labute approximate surface area is 182 Å². The molecule has 0 bridgehead atoms. The van der Waals surface area contributed by atoms with Crippen LogP contribution in [0.15, 0.2) is 36.9 Å². The zero-order valence-electron chi connectivity index (χ0n) is 18.1. The summed E-state index contributed by atoms with van der Waals surface area (Å²) in [5.41, 5.74) is 8.10. The van der Waals surface area contributed by atoms with Gasteiger partial charge in [0.2, 0.25) is 0 Å². The van der Waals surface area contributed by atoms with Crippen LogP contribution in [0.3, 0.4) is 0 Å². The van der Waals surface area contributed by atoms with Crippen LogP contribution < -0.4 is 10.5 Å². The number of benzene rings is 1. The molecule has 0 spiro atoms. The first-order valence-corrected chi connectivity index (χ1v) is 12.3. The molecule has 0 amide bonds. The highest BCUT2D eigenvalue weighted by Crippen LogP contribution is 2.51. The molecular weight excluding hydrogens is 417 g/mol. The Balaban J connectivity index is 1.43. The monoisotopic (exact) mass is 447 g/mol. The van der Waals surface area contributed by atoms with Crippen molar-refractivity contribution in [2.24, 2.45) is 0 Å². The first kappa shape index (κ1) is 23.2. The number of aromatic nitrogens is 4. The fourth-order valence-corrected chi connectivity index (χ4v) is 4.98. The van der Waals surface area contributed by atoms with E-state index in [1.807, 2.05) is 42.7 Å². The van der Waals surface area contributed by atoms with Crippen LogP contribution >= 0.6 is 7.60 Å². The van der Waals surface area contributed by atoms with E-state index in [2.05, 4.69) is 15.0 Å². The molecule has 0 saturated heterocycles. The molecular formula is C21H30N5O4P. The summed E-state index contributed by atoms with van der Waals surface area (Å²) < 4.78 is 31.3. The molecule has 3 rings (SSSR count). The number of hydrogen-bond acceptors (Lipinski definition) is 8. The lowest BCUT2D eigenvalue weighted by Gasteiger charge is -2.17. The SMILES string of the molecule is CCOP(=O)(Cc1cccc(OCCCCCn2cnc3c(N)ncnc32)c1)OCC. The smallest absolute Gasteiger partial charge is 0.335 e. The highest BCUT2D eigenvalue weighted by Gasteiger charge is 2.24. The Morgan fingerprint density at radius 2 is 1.87 bits per heavy atom. The molecule has 31 heavy (non-hydrogen) atoms. The van der Waals surface area contributed by atoms with Crippen LogP contribution in [0.4, 0.5) is 5.82 Å². The second kappa shape index (κ2) is 11.2. The first-order chi connectivity index (χ1) is 15.0. The highest BCUT2D eigenvalue weighted by molar-refractivity contribution is 7.53. The maximum absolute atomic E-state index is 12.7. The van der Waals surface area contributed by atoms with Gasteiger partial charge >= 0.3 is 7.60 Å². The molecule has 1 aromatic carbocycles. The average Bonchev–Trinajstić information content (AvgIpc) is 3.15. The van der Waals surface area contributed by atoms with Crippen LogP contribution in [0, 0.1) is 0 Å². The third kappa shape index (κ3) is 6.50. The van der Waals surface area contributed by atoms with Crippen LogP contribution in [-0.4, -0.2) is 39.3 Å². The number of anilines is 1. The van der Waals surface area contributed by atoms with Crippen molar-refractivity contribution >= 4 is 24.6 Å². The summed E-state index contributed by atoms with van der Waals surface area (Å²) in [6.45, 7) is 5.74. The molecule has 0 atom stereocenters. The van der Waals surface area contributed by atoms with Crippen LogP contribution in [0.25, 0.3) is 11.2 Å². The van der Waals surface area contributed by atoms with Gasteiger partial charge in [0, 0.05) is 6.54 Å². The molecule has 0 unspecified atom stereocenters. The molecule has 168 valence electrons. The highest BCUT2D eigenvalue weighted by atomic mass is 31.2. The predicted molar refractivity (Wildman–Crippen MR) is 120 cm³/mol. The number of rotatable bonds is 13. The van der Waals surface area contributed by atoms with Gasteiger partial charge in [-0.15, -0.1) is 0 Å². The van der Waals surface area contributed by atoms with Crippen molar-refractivity contribution in [3.63, 3.8) is 0 Å². The molecule has 2 N–H and O–H groups in total. The zero-order valence-corrected chi connectivity index (χ0v) is 19.0. The van der Waals surface area contributed by atoms with Crippen LogP contribution in [0.5, 0.6) is 5.75 Å². The number of hydrogen-bond donors (Lipinski definition) is 1. The maximum atomic E-state index is 12.7. The van der Waals surface area contributed by atoms with Gasteiger partial charge in [0.1, 0.15) is 17.6 Å². The van der Waals surface area contributed by atoms with Crippen LogP contribution in [0.1, 0.15) is 38.7 Å². The Morgan fingerprint density at radius 1 is 1.06 bits per heavy atom. The number of unbranched alkanes of at least 4 members (excludes halogenated alkanes) is 2. The standard InChI is InChI=1S/C21H30N5O4P/c1-3-29-31(27,30-4-2)14-17-9-8-10-18(13-17)28-12-7-5-6-11-26-16-25-19-20(22)23-15-24-21(19)26/h8-10,13,15-16H,3-7,11-12,14H2,1-2H3,(H2,22,23,24). The summed E-state index contributed by atoms with van der Waals surface area (Å²) in [6, 6.07) is 7.60. The Morgan fingerprint density at radius 3 is 2.65 bits per heavy atom. The molecule has 0 saturated carbocycles. The summed E-state index contributed by atoms with van der Waals surface area (Å²) in [7, 11) is -3.13. The van der Waals surface area contributed by atoms with Gasteiger partial charge in [0.15, 0.2) is 11.5 Å². The topological polar surface area (TPSA) is 114 Å². The number of imidazole rings is 1. The summed E-state index contributed by atoms with van der Waals surface area (Å²) in [5, 5.41) is 0. The van der Waals surface area contributed by atoms with E-state index < -0.39 is 7.60 Å². The van der Waals surface area contributed by atoms with Crippen molar-refractivity contribution in [2.45, 2.75) is 45.8 Å². The number of nitrogen functional groups attached to an aromatic ring is 1. The van der Waals surface area contributed by atoms with Crippen LogP contribution in [-0.2, 0) is 26.3 Å². The number of fused-ring (bicyclic) bond motifs is 1. The summed E-state index contributed by atoms with van der Waals surface area (Å²) >= 11 is 0. The third-order valence-corrected chi connectivity index (χ3v) is 6.72. The van der Waals surface area contributed by atoms with Crippen molar-refractivity contribution in [1.29, 1.82) is 0 Å². The van der Waals surface area contributed by atoms with Gasteiger partial charge in [-0.3, -0.25) is 4.57 Å². The van der Waals surface area contributed by atoms with Crippen LogP contribution in [0.2, 0.25) is 0 Å². The zero-order chi connectivity index (χ0) is 22.1.